The van der Waals surface area contributed by atoms with Gasteiger partial charge < -0.3 is 20.1 Å². The number of nitrogens with one attached hydrogen (secondary N) is 3. The first kappa shape index (κ1) is 20.4. The second-order valence-electron chi connectivity index (χ2n) is 8.37. The Hall–Kier alpha value is -1.90. The van der Waals surface area contributed by atoms with E-state index < -0.39 is 5.82 Å². The lowest BCUT2D eigenvalue weighted by Crippen LogP contribution is -2.84. The van der Waals surface area contributed by atoms with Gasteiger partial charge in [-0.1, -0.05) is 11.6 Å². The molecule has 1 aromatic rings. The molecule has 2 amide bonds. The van der Waals surface area contributed by atoms with Crippen LogP contribution in [0.1, 0.15) is 38.5 Å². The van der Waals surface area contributed by atoms with Crippen molar-refractivity contribution in [1.29, 1.82) is 0 Å². The Morgan fingerprint density at radius 2 is 1.97 bits per heavy atom. The van der Waals surface area contributed by atoms with E-state index in [2.05, 4.69) is 16.0 Å². The van der Waals surface area contributed by atoms with Crippen LogP contribution >= 0.6 is 11.6 Å². The van der Waals surface area contributed by atoms with Crippen molar-refractivity contribution in [1.82, 2.24) is 16.0 Å². The summed E-state index contributed by atoms with van der Waals surface area (Å²) in [6.45, 7) is -0.202. The van der Waals surface area contributed by atoms with Crippen molar-refractivity contribution in [3.8, 4) is 5.75 Å². The lowest BCUT2D eigenvalue weighted by molar-refractivity contribution is -0.152. The number of methoxy groups -OCH3 is 1. The molecule has 0 radical (unpaired) electrons. The van der Waals surface area contributed by atoms with Gasteiger partial charge in [-0.2, -0.15) is 0 Å². The second kappa shape index (κ2) is 7.74. The van der Waals surface area contributed by atoms with Crippen LogP contribution in [0.4, 0.5) is 4.39 Å². The van der Waals surface area contributed by atoms with Gasteiger partial charge in [0.05, 0.1) is 11.1 Å². The zero-order valence-corrected chi connectivity index (χ0v) is 17.0. The highest BCUT2D eigenvalue weighted by molar-refractivity contribution is 6.30. The SMILES string of the molecule is COC1CCCC(C(=O)NC23CC(NC(=O)COc4ccc(Cl)c(F)c4)(C2)C3)N1. The van der Waals surface area contributed by atoms with Crippen LogP contribution in [0.3, 0.4) is 0 Å². The van der Waals surface area contributed by atoms with Gasteiger partial charge in [-0.25, -0.2) is 4.39 Å². The van der Waals surface area contributed by atoms with Gasteiger partial charge in [0.25, 0.3) is 5.91 Å². The van der Waals surface area contributed by atoms with E-state index in [-0.39, 0.29) is 52.5 Å². The van der Waals surface area contributed by atoms with Crippen molar-refractivity contribution < 1.29 is 23.5 Å². The second-order valence-corrected chi connectivity index (χ2v) is 8.77. The van der Waals surface area contributed by atoms with Crippen molar-refractivity contribution in [3.05, 3.63) is 29.0 Å². The first-order valence-corrected chi connectivity index (χ1v) is 10.2. The average molecular weight is 426 g/mol. The van der Waals surface area contributed by atoms with Crippen LogP contribution in [0.25, 0.3) is 0 Å². The lowest BCUT2D eigenvalue weighted by Gasteiger charge is -2.70. The third kappa shape index (κ3) is 4.20. The molecule has 0 aromatic heterocycles. The number of piperidine rings is 1. The molecule has 0 spiro atoms. The first-order valence-electron chi connectivity index (χ1n) is 9.82. The molecule has 5 rings (SSSR count). The molecule has 7 nitrogen and oxygen atoms in total. The smallest absolute Gasteiger partial charge is 0.258 e. The van der Waals surface area contributed by atoms with Gasteiger partial charge in [0, 0.05) is 24.3 Å². The summed E-state index contributed by atoms with van der Waals surface area (Å²) in [5.41, 5.74) is -0.486. The van der Waals surface area contributed by atoms with Crippen molar-refractivity contribution in [2.75, 3.05) is 13.7 Å². The van der Waals surface area contributed by atoms with Gasteiger partial charge in [0.2, 0.25) is 5.91 Å². The van der Waals surface area contributed by atoms with E-state index in [1.807, 2.05) is 0 Å². The fourth-order valence-corrected chi connectivity index (χ4v) is 4.86. The first-order chi connectivity index (χ1) is 13.8. The Labute approximate surface area is 173 Å². The summed E-state index contributed by atoms with van der Waals surface area (Å²) in [7, 11) is 1.64. The summed E-state index contributed by atoms with van der Waals surface area (Å²) < 4.78 is 24.0. The fraction of sp³-hybridized carbons (Fsp3) is 0.600. The number of carbonyl (C=O) groups is 2. The number of carbonyl (C=O) groups excluding carboxylic acids is 2. The summed E-state index contributed by atoms with van der Waals surface area (Å²) in [5, 5.41) is 9.35. The van der Waals surface area contributed by atoms with Crippen molar-refractivity contribution in [3.63, 3.8) is 0 Å². The zero-order chi connectivity index (χ0) is 20.6. The molecule has 2 bridgehead atoms. The third-order valence-corrected chi connectivity index (χ3v) is 6.34. The van der Waals surface area contributed by atoms with E-state index >= 15 is 0 Å². The maximum absolute atomic E-state index is 13.4. The van der Waals surface area contributed by atoms with Gasteiger partial charge in [-0.15, -0.1) is 0 Å². The summed E-state index contributed by atoms with van der Waals surface area (Å²) in [6, 6.07) is 3.81. The van der Waals surface area contributed by atoms with Crippen molar-refractivity contribution >= 4 is 23.4 Å². The molecule has 2 atom stereocenters. The van der Waals surface area contributed by atoms with Gasteiger partial charge in [-0.05, 0) is 50.7 Å². The minimum Gasteiger partial charge on any atom is -0.484 e. The zero-order valence-electron chi connectivity index (χ0n) is 16.2. The highest BCUT2D eigenvalue weighted by Crippen LogP contribution is 2.60. The Kier molecular flexibility index (Phi) is 5.44. The van der Waals surface area contributed by atoms with E-state index in [9.17, 15) is 14.0 Å². The fourth-order valence-electron chi connectivity index (χ4n) is 4.74. The van der Waals surface area contributed by atoms with Gasteiger partial charge in [-0.3, -0.25) is 14.9 Å². The normalized spacial score (nSPS) is 32.5. The molecule has 1 aliphatic heterocycles. The van der Waals surface area contributed by atoms with Gasteiger partial charge in [0.15, 0.2) is 6.61 Å². The minimum absolute atomic E-state index is 0.000486. The molecule has 3 saturated carbocycles. The number of hydrogen-bond donors (Lipinski definition) is 3. The number of ether oxygens (including phenoxy) is 2. The highest BCUT2D eigenvalue weighted by atomic mass is 35.5. The molecule has 2 unspecified atom stereocenters. The molecule has 158 valence electrons. The Bertz CT molecular complexity index is 801. The molecule has 1 saturated heterocycles. The Morgan fingerprint density at radius 1 is 1.24 bits per heavy atom. The maximum atomic E-state index is 13.4. The maximum Gasteiger partial charge on any atom is 0.258 e. The molecule has 9 heteroatoms. The highest BCUT2D eigenvalue weighted by Gasteiger charge is 2.69. The Morgan fingerprint density at radius 3 is 2.66 bits per heavy atom. The number of amides is 2. The van der Waals surface area contributed by atoms with Crippen LogP contribution in [0.5, 0.6) is 5.75 Å². The largest absolute Gasteiger partial charge is 0.484 e. The third-order valence-electron chi connectivity index (χ3n) is 6.03. The van der Waals surface area contributed by atoms with Crippen LogP contribution in [0, 0.1) is 5.82 Å². The lowest BCUT2D eigenvalue weighted by atomic mass is 9.44. The van der Waals surface area contributed by atoms with Crippen LogP contribution < -0.4 is 20.7 Å². The van der Waals surface area contributed by atoms with Gasteiger partial charge >= 0.3 is 0 Å². The predicted molar refractivity (Wildman–Crippen MR) is 104 cm³/mol. The van der Waals surface area contributed by atoms with Crippen molar-refractivity contribution in [2.24, 2.45) is 0 Å². The molecule has 1 heterocycles. The molecular formula is C20H25ClFN3O4. The van der Waals surface area contributed by atoms with Crippen LogP contribution in [-0.4, -0.2) is 48.9 Å². The number of hydrogen-bond acceptors (Lipinski definition) is 5. The van der Waals surface area contributed by atoms with Crippen molar-refractivity contribution in [2.45, 2.75) is 61.9 Å². The van der Waals surface area contributed by atoms with Crippen LogP contribution in [0.15, 0.2) is 18.2 Å². The van der Waals surface area contributed by atoms with E-state index in [4.69, 9.17) is 21.1 Å². The molecular weight excluding hydrogens is 401 g/mol. The predicted octanol–water partition coefficient (Wildman–Crippen LogP) is 1.88. The van der Waals surface area contributed by atoms with E-state index in [0.29, 0.717) is 19.3 Å². The molecule has 1 aromatic carbocycles. The van der Waals surface area contributed by atoms with Crippen LogP contribution in [-0.2, 0) is 14.3 Å². The number of benzene rings is 1. The number of halogens is 2. The summed E-state index contributed by atoms with van der Waals surface area (Å²) >= 11 is 5.63. The number of rotatable bonds is 7. The summed E-state index contributed by atoms with van der Waals surface area (Å²) in [5.74, 6) is -0.611. The monoisotopic (exact) mass is 425 g/mol. The minimum atomic E-state index is -0.592. The standard InChI is InChI=1S/C20H25ClFN3O4/c1-28-17-4-2-3-15(23-17)18(27)25-20-9-19(10-20,11-20)24-16(26)8-29-12-5-6-13(21)14(22)7-12/h5-7,15,17,23H,2-4,8-11H2,1H3,(H,24,26)(H,25,27). The average Bonchev–Trinajstić information content (AvgIpc) is 2.66. The van der Waals surface area contributed by atoms with E-state index in [1.54, 1.807) is 7.11 Å². The van der Waals surface area contributed by atoms with Gasteiger partial charge in [0.1, 0.15) is 17.8 Å². The molecule has 29 heavy (non-hydrogen) atoms. The Balaban J connectivity index is 1.20. The molecule has 3 N–H and O–H groups in total. The summed E-state index contributed by atoms with van der Waals surface area (Å²) in [6.07, 6.45) is 4.73. The van der Waals surface area contributed by atoms with E-state index in [0.717, 1.165) is 25.3 Å². The molecule has 4 fully saturated rings. The molecule has 4 aliphatic rings. The van der Waals surface area contributed by atoms with E-state index in [1.165, 1.54) is 12.1 Å². The molecule has 3 aliphatic carbocycles. The quantitative estimate of drug-likeness (QED) is 0.620. The topological polar surface area (TPSA) is 88.7 Å². The van der Waals surface area contributed by atoms with Crippen LogP contribution in [0.2, 0.25) is 5.02 Å². The summed E-state index contributed by atoms with van der Waals surface area (Å²) in [4.78, 5) is 24.7.